The van der Waals surface area contributed by atoms with Crippen molar-refractivity contribution >= 4 is 29.7 Å². The third kappa shape index (κ3) is 11.6. The summed E-state index contributed by atoms with van der Waals surface area (Å²) in [5, 5.41) is 27.5. The molecule has 13 nitrogen and oxygen atoms in total. The number of carboxylic acids is 1. The average Bonchev–Trinajstić information content (AvgIpc) is 2.93. The van der Waals surface area contributed by atoms with E-state index in [2.05, 4.69) is 20.9 Å². The molecule has 13 heteroatoms. The molecule has 5 unspecified atom stereocenters. The van der Waals surface area contributed by atoms with E-state index in [1.165, 1.54) is 6.92 Å². The SMILES string of the molecule is CC(O)C(NC(=O)C(N)CCCN=C(N)N)C(=O)NC(Cc1ccccc1)C(=O)NC(Cc1ccccc1)C(=O)O. The van der Waals surface area contributed by atoms with E-state index in [1.54, 1.807) is 60.7 Å². The van der Waals surface area contributed by atoms with E-state index in [4.69, 9.17) is 17.2 Å². The van der Waals surface area contributed by atoms with Gasteiger partial charge in [0.25, 0.3) is 0 Å². The summed E-state index contributed by atoms with van der Waals surface area (Å²) in [6.07, 6.45) is -0.653. The van der Waals surface area contributed by atoms with Crippen molar-refractivity contribution in [2.45, 2.75) is 62.9 Å². The monoisotopic (exact) mass is 569 g/mol. The zero-order valence-corrected chi connectivity index (χ0v) is 22.9. The number of carboxylic acid groups (broad SMARTS) is 1. The van der Waals surface area contributed by atoms with Gasteiger partial charge in [0.2, 0.25) is 17.7 Å². The number of carbonyl (C=O) groups excluding carboxylic acids is 3. The Labute approximate surface area is 238 Å². The number of aliphatic carboxylic acids is 1. The first-order valence-electron chi connectivity index (χ1n) is 13.2. The Morgan fingerprint density at radius 2 is 1.32 bits per heavy atom. The zero-order valence-electron chi connectivity index (χ0n) is 22.9. The van der Waals surface area contributed by atoms with E-state index in [0.717, 1.165) is 0 Å². The van der Waals surface area contributed by atoms with Gasteiger partial charge in [-0.15, -0.1) is 0 Å². The second kappa shape index (κ2) is 16.6. The molecule has 0 aliphatic rings. The predicted octanol–water partition coefficient (Wildman–Crippen LogP) is -1.23. The minimum Gasteiger partial charge on any atom is -0.480 e. The fraction of sp³-hybridized carbons (Fsp3) is 0.393. The number of aliphatic hydroxyl groups excluding tert-OH is 1. The summed E-state index contributed by atoms with van der Waals surface area (Å²) in [5.74, 6) is -3.59. The number of guanidine groups is 1. The standard InChI is InChI=1S/C28H39N7O6/c1-17(36)23(35-24(37)20(29)13-8-14-32-28(30)31)26(39)33-21(15-18-9-4-2-5-10-18)25(38)34-22(27(40)41)16-19-11-6-3-7-12-19/h2-7,9-12,17,20-23,36H,8,13-16,29H2,1H3,(H,33,39)(H,34,38)(H,35,37)(H,40,41)(H4,30,31,32). The van der Waals surface area contributed by atoms with Crippen molar-refractivity contribution in [3.8, 4) is 0 Å². The van der Waals surface area contributed by atoms with Crippen LogP contribution in [0.2, 0.25) is 0 Å². The average molecular weight is 570 g/mol. The highest BCUT2D eigenvalue weighted by Crippen LogP contribution is 2.08. The molecule has 3 amide bonds. The zero-order chi connectivity index (χ0) is 30.4. The Morgan fingerprint density at radius 3 is 1.80 bits per heavy atom. The lowest BCUT2D eigenvalue weighted by atomic mass is 10.0. The Morgan fingerprint density at radius 1 is 0.805 bits per heavy atom. The van der Waals surface area contributed by atoms with Gasteiger partial charge in [0.05, 0.1) is 12.1 Å². The molecule has 41 heavy (non-hydrogen) atoms. The van der Waals surface area contributed by atoms with Gasteiger partial charge in [0, 0.05) is 19.4 Å². The Bertz CT molecular complexity index is 1170. The first-order chi connectivity index (χ1) is 19.5. The number of nitrogens with one attached hydrogen (secondary N) is 3. The number of hydrogen-bond acceptors (Lipinski definition) is 7. The molecule has 0 radical (unpaired) electrons. The summed E-state index contributed by atoms with van der Waals surface area (Å²) in [4.78, 5) is 54.9. The Hall–Kier alpha value is -4.49. The number of rotatable bonds is 16. The molecule has 5 atom stereocenters. The molecule has 11 N–H and O–H groups in total. The molecular weight excluding hydrogens is 530 g/mol. The molecule has 0 saturated heterocycles. The maximum absolute atomic E-state index is 13.3. The lowest BCUT2D eigenvalue weighted by Crippen LogP contribution is -2.60. The quantitative estimate of drug-likeness (QED) is 0.0685. The van der Waals surface area contributed by atoms with E-state index >= 15 is 0 Å². The summed E-state index contributed by atoms with van der Waals surface area (Å²) in [7, 11) is 0. The fourth-order valence-electron chi connectivity index (χ4n) is 3.96. The topological polar surface area (TPSA) is 235 Å². The maximum atomic E-state index is 13.3. The molecule has 0 aliphatic heterocycles. The van der Waals surface area contributed by atoms with Crippen LogP contribution >= 0.6 is 0 Å². The van der Waals surface area contributed by atoms with Crippen LogP contribution < -0.4 is 33.2 Å². The number of amides is 3. The number of nitrogens with zero attached hydrogens (tertiary/aromatic N) is 1. The van der Waals surface area contributed by atoms with Gasteiger partial charge in [-0.3, -0.25) is 19.4 Å². The van der Waals surface area contributed by atoms with Gasteiger partial charge in [-0.2, -0.15) is 0 Å². The van der Waals surface area contributed by atoms with Gasteiger partial charge in [0.15, 0.2) is 5.96 Å². The largest absolute Gasteiger partial charge is 0.480 e. The minimum absolute atomic E-state index is 0.0286. The van der Waals surface area contributed by atoms with Gasteiger partial charge in [-0.1, -0.05) is 60.7 Å². The molecule has 0 heterocycles. The van der Waals surface area contributed by atoms with E-state index < -0.39 is 54.0 Å². The molecule has 2 aromatic carbocycles. The number of carbonyl (C=O) groups is 4. The summed E-state index contributed by atoms with van der Waals surface area (Å²) in [6, 6.07) is 12.7. The summed E-state index contributed by atoms with van der Waals surface area (Å²) < 4.78 is 0. The highest BCUT2D eigenvalue weighted by molar-refractivity contribution is 5.94. The van der Waals surface area contributed by atoms with Gasteiger partial charge in [-0.05, 0) is 30.9 Å². The van der Waals surface area contributed by atoms with Crippen LogP contribution in [0, 0.1) is 0 Å². The Kier molecular flexibility index (Phi) is 13.2. The summed E-state index contributed by atoms with van der Waals surface area (Å²) >= 11 is 0. The molecule has 0 aliphatic carbocycles. The Balaban J connectivity index is 2.16. The van der Waals surface area contributed by atoms with Crippen LogP contribution in [0.4, 0.5) is 0 Å². The first-order valence-corrected chi connectivity index (χ1v) is 13.2. The van der Waals surface area contributed by atoms with Crippen LogP contribution in [0.1, 0.15) is 30.9 Å². The van der Waals surface area contributed by atoms with Crippen LogP contribution in [0.5, 0.6) is 0 Å². The number of aliphatic imine (C=N–C) groups is 1. The molecule has 0 fully saturated rings. The normalized spacial score (nSPS) is 14.4. The van der Waals surface area contributed by atoms with Crippen molar-refractivity contribution in [3.05, 3.63) is 71.8 Å². The predicted molar refractivity (Wildman–Crippen MR) is 153 cm³/mol. The highest BCUT2D eigenvalue weighted by atomic mass is 16.4. The smallest absolute Gasteiger partial charge is 0.326 e. The second-order valence-corrected chi connectivity index (χ2v) is 9.62. The van der Waals surface area contributed by atoms with Crippen molar-refractivity contribution in [2.75, 3.05) is 6.54 Å². The highest BCUT2D eigenvalue weighted by Gasteiger charge is 2.32. The van der Waals surface area contributed by atoms with Gasteiger partial charge in [0.1, 0.15) is 18.1 Å². The molecule has 222 valence electrons. The van der Waals surface area contributed by atoms with Gasteiger partial charge >= 0.3 is 5.97 Å². The van der Waals surface area contributed by atoms with Gasteiger partial charge in [-0.25, -0.2) is 4.79 Å². The van der Waals surface area contributed by atoms with Crippen LogP contribution in [-0.4, -0.2) is 76.7 Å². The van der Waals surface area contributed by atoms with E-state index in [1.807, 2.05) is 0 Å². The molecular formula is C28H39N7O6. The molecule has 0 bridgehead atoms. The second-order valence-electron chi connectivity index (χ2n) is 9.62. The maximum Gasteiger partial charge on any atom is 0.326 e. The summed E-state index contributed by atoms with van der Waals surface area (Å²) in [5.41, 5.74) is 17.9. The van der Waals surface area contributed by atoms with E-state index in [9.17, 15) is 29.4 Å². The first kappa shape index (κ1) is 32.7. The van der Waals surface area contributed by atoms with Crippen LogP contribution in [-0.2, 0) is 32.0 Å². The number of aliphatic hydroxyl groups is 1. The molecule has 2 aromatic rings. The molecule has 0 saturated carbocycles. The number of hydrogen-bond donors (Lipinski definition) is 8. The van der Waals surface area contributed by atoms with Crippen molar-refractivity contribution in [3.63, 3.8) is 0 Å². The van der Waals surface area contributed by atoms with Crippen LogP contribution in [0.25, 0.3) is 0 Å². The lowest BCUT2D eigenvalue weighted by Gasteiger charge is -2.26. The molecule has 0 spiro atoms. The van der Waals surface area contributed by atoms with E-state index in [0.29, 0.717) is 17.5 Å². The van der Waals surface area contributed by atoms with Crippen molar-refractivity contribution in [1.82, 2.24) is 16.0 Å². The third-order valence-corrected chi connectivity index (χ3v) is 6.18. The van der Waals surface area contributed by atoms with Crippen molar-refractivity contribution in [2.24, 2.45) is 22.2 Å². The minimum atomic E-state index is -1.43. The molecule has 0 aromatic heterocycles. The van der Waals surface area contributed by atoms with Gasteiger partial charge < -0.3 is 43.4 Å². The lowest BCUT2D eigenvalue weighted by molar-refractivity contribution is -0.142. The summed E-state index contributed by atoms with van der Waals surface area (Å²) in [6.45, 7) is 1.57. The van der Waals surface area contributed by atoms with Crippen molar-refractivity contribution < 1.29 is 29.4 Å². The third-order valence-electron chi connectivity index (χ3n) is 6.18. The van der Waals surface area contributed by atoms with Crippen LogP contribution in [0.15, 0.2) is 65.7 Å². The fourth-order valence-corrected chi connectivity index (χ4v) is 3.96. The van der Waals surface area contributed by atoms with Crippen molar-refractivity contribution in [1.29, 1.82) is 0 Å². The van der Waals surface area contributed by atoms with E-state index in [-0.39, 0.29) is 31.8 Å². The van der Waals surface area contributed by atoms with Crippen LogP contribution in [0.3, 0.4) is 0 Å². The number of benzene rings is 2. The molecule has 2 rings (SSSR count). The number of nitrogens with two attached hydrogens (primary N) is 3.